The second-order valence-electron chi connectivity index (χ2n) is 8.65. The fraction of sp³-hybridized carbons (Fsp3) is 0.458. The van der Waals surface area contributed by atoms with Crippen LogP contribution in [0.1, 0.15) is 37.7 Å². The topological polar surface area (TPSA) is 113 Å². The van der Waals surface area contributed by atoms with Crippen molar-refractivity contribution in [2.24, 2.45) is 0 Å². The lowest BCUT2D eigenvalue weighted by molar-refractivity contribution is -0.116. The first-order valence-corrected chi connectivity index (χ1v) is 14.4. The van der Waals surface area contributed by atoms with Gasteiger partial charge in [-0.2, -0.15) is 4.31 Å². The van der Waals surface area contributed by atoms with Crippen LogP contribution in [0.3, 0.4) is 0 Å². The fourth-order valence-corrected chi connectivity index (χ4v) is 6.40. The van der Waals surface area contributed by atoms with Gasteiger partial charge >= 0.3 is 0 Å². The smallest absolute Gasteiger partial charge is 0.243 e. The quantitative estimate of drug-likeness (QED) is 0.541. The van der Waals surface area contributed by atoms with Crippen LogP contribution in [0, 0.1) is 0 Å². The summed E-state index contributed by atoms with van der Waals surface area (Å²) in [6.45, 7) is 1.06. The van der Waals surface area contributed by atoms with Crippen molar-refractivity contribution in [3.05, 3.63) is 48.0 Å². The molecule has 1 N–H and O–H groups in total. The first kappa shape index (κ1) is 27.1. The molecule has 11 heteroatoms. The van der Waals surface area contributed by atoms with Gasteiger partial charge in [-0.05, 0) is 67.3 Å². The highest BCUT2D eigenvalue weighted by atomic mass is 32.2. The van der Waals surface area contributed by atoms with Crippen LogP contribution in [0.15, 0.2) is 52.3 Å². The van der Waals surface area contributed by atoms with Gasteiger partial charge in [0.2, 0.25) is 26.0 Å². The van der Waals surface area contributed by atoms with Gasteiger partial charge in [-0.1, -0.05) is 12.8 Å². The number of rotatable bonds is 9. The lowest BCUT2D eigenvalue weighted by atomic mass is 10.1. The second kappa shape index (κ2) is 11.5. The van der Waals surface area contributed by atoms with Crippen LogP contribution in [0.25, 0.3) is 0 Å². The molecule has 0 radical (unpaired) electrons. The second-order valence-corrected chi connectivity index (χ2v) is 12.7. The fourth-order valence-electron chi connectivity index (χ4n) is 3.93. The number of carbonyl (C=O) groups excluding carboxylic acids is 1. The molecular formula is C24H33N3O6S2. The van der Waals surface area contributed by atoms with E-state index in [1.54, 1.807) is 18.2 Å². The van der Waals surface area contributed by atoms with Crippen LogP contribution >= 0.6 is 0 Å². The molecule has 0 aromatic heterocycles. The van der Waals surface area contributed by atoms with Gasteiger partial charge in [-0.15, -0.1) is 0 Å². The summed E-state index contributed by atoms with van der Waals surface area (Å²) in [5.41, 5.74) is 1.09. The predicted molar refractivity (Wildman–Crippen MR) is 134 cm³/mol. The van der Waals surface area contributed by atoms with Crippen molar-refractivity contribution >= 4 is 31.6 Å². The zero-order valence-corrected chi connectivity index (χ0v) is 22.0. The summed E-state index contributed by atoms with van der Waals surface area (Å²) < 4.78 is 58.7. The van der Waals surface area contributed by atoms with Crippen LogP contribution in [0.5, 0.6) is 5.75 Å². The molecule has 1 amide bonds. The zero-order chi connectivity index (χ0) is 25.6. The Morgan fingerprint density at radius 2 is 1.54 bits per heavy atom. The van der Waals surface area contributed by atoms with E-state index in [1.165, 1.54) is 49.8 Å². The van der Waals surface area contributed by atoms with E-state index in [0.717, 1.165) is 30.0 Å². The van der Waals surface area contributed by atoms with E-state index in [0.29, 0.717) is 30.1 Å². The molecule has 2 aromatic carbocycles. The van der Waals surface area contributed by atoms with E-state index in [4.69, 9.17) is 4.74 Å². The van der Waals surface area contributed by atoms with Gasteiger partial charge in [-0.3, -0.25) is 4.79 Å². The first-order valence-electron chi connectivity index (χ1n) is 11.5. The Balaban J connectivity index is 1.65. The molecule has 0 bridgehead atoms. The van der Waals surface area contributed by atoms with Gasteiger partial charge in [0, 0.05) is 39.3 Å². The number of hydrogen-bond acceptors (Lipinski definition) is 6. The minimum absolute atomic E-state index is 0.0929. The third kappa shape index (κ3) is 6.60. The van der Waals surface area contributed by atoms with E-state index in [1.807, 2.05) is 0 Å². The first-order chi connectivity index (χ1) is 16.6. The Kier molecular flexibility index (Phi) is 8.92. The van der Waals surface area contributed by atoms with Crippen LogP contribution in [0.2, 0.25) is 0 Å². The molecule has 0 aliphatic carbocycles. The van der Waals surface area contributed by atoms with Crippen molar-refractivity contribution in [3.8, 4) is 5.75 Å². The maximum absolute atomic E-state index is 12.9. The highest BCUT2D eigenvalue weighted by Crippen LogP contribution is 2.26. The van der Waals surface area contributed by atoms with Crippen molar-refractivity contribution in [2.45, 2.75) is 48.3 Å². The molecular weight excluding hydrogens is 490 g/mol. The number of hydrogen-bond donors (Lipinski definition) is 1. The summed E-state index contributed by atoms with van der Waals surface area (Å²) in [7, 11) is -2.77. The Labute approximate surface area is 208 Å². The number of anilines is 1. The summed E-state index contributed by atoms with van der Waals surface area (Å²) in [5, 5.41) is 2.77. The number of ether oxygens (including phenoxy) is 1. The summed E-state index contributed by atoms with van der Waals surface area (Å²) in [6.07, 6.45) is 4.17. The molecule has 0 unspecified atom stereocenters. The van der Waals surface area contributed by atoms with Crippen molar-refractivity contribution in [3.63, 3.8) is 0 Å². The number of nitrogens with one attached hydrogen (secondary N) is 1. The van der Waals surface area contributed by atoms with Gasteiger partial charge in [-0.25, -0.2) is 21.1 Å². The Bertz CT molecular complexity index is 1230. The molecule has 0 spiro atoms. The molecule has 2 aromatic rings. The van der Waals surface area contributed by atoms with Gasteiger partial charge < -0.3 is 10.1 Å². The molecule has 192 valence electrons. The van der Waals surface area contributed by atoms with Crippen LogP contribution in [-0.2, 0) is 31.3 Å². The number of nitrogens with zero attached hydrogens (tertiary/aromatic N) is 2. The third-order valence-corrected chi connectivity index (χ3v) is 9.72. The highest BCUT2D eigenvalue weighted by molar-refractivity contribution is 7.89. The van der Waals surface area contributed by atoms with Gasteiger partial charge in [0.05, 0.1) is 16.9 Å². The number of sulfonamides is 2. The van der Waals surface area contributed by atoms with E-state index in [-0.39, 0.29) is 28.5 Å². The van der Waals surface area contributed by atoms with E-state index in [9.17, 15) is 21.6 Å². The van der Waals surface area contributed by atoms with Crippen LogP contribution in [-0.4, -0.2) is 65.6 Å². The molecule has 35 heavy (non-hydrogen) atoms. The molecule has 0 atom stereocenters. The minimum atomic E-state index is -3.61. The molecule has 9 nitrogen and oxygen atoms in total. The van der Waals surface area contributed by atoms with Crippen LogP contribution < -0.4 is 10.1 Å². The molecule has 1 aliphatic heterocycles. The Hall–Kier alpha value is -2.47. The summed E-state index contributed by atoms with van der Waals surface area (Å²) in [4.78, 5) is 12.9. The monoisotopic (exact) mass is 523 g/mol. The Morgan fingerprint density at radius 1 is 0.943 bits per heavy atom. The van der Waals surface area contributed by atoms with Crippen molar-refractivity contribution in [2.75, 3.05) is 39.6 Å². The third-order valence-electron chi connectivity index (χ3n) is 5.99. The van der Waals surface area contributed by atoms with E-state index in [2.05, 4.69) is 5.32 Å². The molecule has 1 heterocycles. The SMILES string of the molecule is COc1ccc(S(=O)(=O)N(C)C)cc1CCC(=O)Nc1ccc(S(=O)(=O)N2CCCCCC2)cc1. The van der Waals surface area contributed by atoms with Crippen molar-refractivity contribution < 1.29 is 26.4 Å². The summed E-state index contributed by atoms with van der Waals surface area (Å²) in [5.74, 6) is 0.217. The normalized spacial score (nSPS) is 15.5. The molecule has 1 fully saturated rings. The average molecular weight is 524 g/mol. The number of methoxy groups -OCH3 is 1. The number of benzene rings is 2. The lowest BCUT2D eigenvalue weighted by Crippen LogP contribution is -2.31. The van der Waals surface area contributed by atoms with Crippen molar-refractivity contribution in [1.29, 1.82) is 0 Å². The zero-order valence-electron chi connectivity index (χ0n) is 20.4. The lowest BCUT2D eigenvalue weighted by Gasteiger charge is -2.20. The van der Waals surface area contributed by atoms with E-state index >= 15 is 0 Å². The van der Waals surface area contributed by atoms with Gasteiger partial charge in [0.25, 0.3) is 0 Å². The van der Waals surface area contributed by atoms with Gasteiger partial charge in [0.15, 0.2) is 0 Å². The molecule has 1 saturated heterocycles. The Morgan fingerprint density at radius 3 is 2.11 bits per heavy atom. The highest BCUT2D eigenvalue weighted by Gasteiger charge is 2.25. The maximum Gasteiger partial charge on any atom is 0.243 e. The molecule has 0 saturated carbocycles. The van der Waals surface area contributed by atoms with Crippen LogP contribution in [0.4, 0.5) is 5.69 Å². The van der Waals surface area contributed by atoms with Crippen molar-refractivity contribution in [1.82, 2.24) is 8.61 Å². The molecule has 1 aliphatic rings. The number of amides is 1. The minimum Gasteiger partial charge on any atom is -0.496 e. The largest absolute Gasteiger partial charge is 0.496 e. The number of carbonyl (C=O) groups is 1. The van der Waals surface area contributed by atoms with E-state index < -0.39 is 20.0 Å². The molecule has 3 rings (SSSR count). The average Bonchev–Trinajstić information content (AvgIpc) is 3.13. The maximum atomic E-state index is 12.9. The standard InChI is InChI=1S/C24H33N3O6S2/c1-26(2)34(29,30)22-13-14-23(33-3)19(18-22)8-15-24(28)25-20-9-11-21(12-10-20)35(31,32)27-16-6-4-5-7-17-27/h9-14,18H,4-8,15-17H2,1-3H3,(H,25,28). The summed E-state index contributed by atoms with van der Waals surface area (Å²) in [6, 6.07) is 10.7. The predicted octanol–water partition coefficient (Wildman–Crippen LogP) is 3.08. The summed E-state index contributed by atoms with van der Waals surface area (Å²) >= 11 is 0. The number of aryl methyl sites for hydroxylation is 1. The van der Waals surface area contributed by atoms with Gasteiger partial charge in [0.1, 0.15) is 5.75 Å².